The van der Waals surface area contributed by atoms with Crippen molar-refractivity contribution in [2.75, 3.05) is 18.9 Å². The van der Waals surface area contributed by atoms with E-state index in [9.17, 15) is 9.59 Å². The molecule has 0 saturated carbocycles. The van der Waals surface area contributed by atoms with E-state index in [2.05, 4.69) is 31.4 Å². The molecule has 0 unspecified atom stereocenters. The van der Waals surface area contributed by atoms with Crippen molar-refractivity contribution in [2.24, 2.45) is 0 Å². The predicted molar refractivity (Wildman–Crippen MR) is 120 cm³/mol. The first-order valence-corrected chi connectivity index (χ1v) is 10.3. The van der Waals surface area contributed by atoms with Gasteiger partial charge in [-0.15, -0.1) is 0 Å². The highest BCUT2D eigenvalue weighted by molar-refractivity contribution is 5.90. The van der Waals surface area contributed by atoms with Crippen molar-refractivity contribution >= 4 is 17.8 Å². The van der Waals surface area contributed by atoms with Crippen LogP contribution in [0.1, 0.15) is 59.2 Å². The van der Waals surface area contributed by atoms with E-state index in [0.29, 0.717) is 12.4 Å². The van der Waals surface area contributed by atoms with Crippen molar-refractivity contribution in [3.05, 3.63) is 47.7 Å². The number of nitrogens with zero attached hydrogens (tertiary/aromatic N) is 3. The Morgan fingerprint density at radius 1 is 1.07 bits per heavy atom. The molecule has 2 rings (SSSR count). The number of hydrogen-bond donors (Lipinski definition) is 2. The molecule has 0 bridgehead atoms. The van der Waals surface area contributed by atoms with Crippen LogP contribution < -0.4 is 10.6 Å². The van der Waals surface area contributed by atoms with Crippen molar-refractivity contribution in [2.45, 2.75) is 65.5 Å². The quantitative estimate of drug-likeness (QED) is 0.748. The molecule has 2 aromatic rings. The molecule has 0 fully saturated rings. The summed E-state index contributed by atoms with van der Waals surface area (Å²) in [6.45, 7) is 13.2. The molecule has 7 heteroatoms. The van der Waals surface area contributed by atoms with Crippen LogP contribution in [-0.4, -0.2) is 40.2 Å². The molecule has 1 heterocycles. The van der Waals surface area contributed by atoms with E-state index in [1.165, 1.54) is 0 Å². The van der Waals surface area contributed by atoms with Gasteiger partial charge in [-0.1, -0.05) is 51.1 Å². The van der Waals surface area contributed by atoms with Crippen molar-refractivity contribution < 1.29 is 9.59 Å². The molecule has 0 spiro atoms. The molecule has 0 aliphatic rings. The Morgan fingerprint density at radius 3 is 2.27 bits per heavy atom. The lowest BCUT2D eigenvalue weighted by molar-refractivity contribution is -0.116. The average molecular weight is 414 g/mol. The van der Waals surface area contributed by atoms with E-state index in [4.69, 9.17) is 5.10 Å². The number of carbonyl (C=O) groups excluding carboxylic acids is 2. The molecule has 0 radical (unpaired) electrons. The monoisotopic (exact) mass is 413 g/mol. The van der Waals surface area contributed by atoms with Gasteiger partial charge in [-0.05, 0) is 26.3 Å². The summed E-state index contributed by atoms with van der Waals surface area (Å²) in [5.41, 5.74) is 1.59. The highest BCUT2D eigenvalue weighted by atomic mass is 16.2. The number of carbonyl (C=O) groups is 2. The Morgan fingerprint density at radius 2 is 1.70 bits per heavy atom. The minimum atomic E-state index is -0.263. The lowest BCUT2D eigenvalue weighted by Crippen LogP contribution is -2.38. The molecule has 164 valence electrons. The zero-order chi connectivity index (χ0) is 22.5. The fourth-order valence-corrected chi connectivity index (χ4v) is 2.90. The third-order valence-electron chi connectivity index (χ3n) is 4.62. The van der Waals surface area contributed by atoms with E-state index in [-0.39, 0.29) is 35.9 Å². The van der Waals surface area contributed by atoms with Gasteiger partial charge in [-0.2, -0.15) is 5.10 Å². The standard InChI is InChI=1S/C23H35N5O2/c1-22(2,3)18-15-19(28(26-18)23(4,5)6)25-20(29)13-14-24-21(30)27(7)16-17-11-9-8-10-12-17/h8-12,15H,13-14,16H2,1-7H3,(H,24,30)(H,25,29). The number of nitrogens with one attached hydrogen (secondary N) is 2. The van der Waals surface area contributed by atoms with Gasteiger partial charge in [0.1, 0.15) is 5.82 Å². The fourth-order valence-electron chi connectivity index (χ4n) is 2.90. The highest BCUT2D eigenvalue weighted by Gasteiger charge is 2.25. The van der Waals surface area contributed by atoms with E-state index in [0.717, 1.165) is 11.3 Å². The Bertz CT molecular complexity index is 860. The van der Waals surface area contributed by atoms with E-state index in [1.54, 1.807) is 11.9 Å². The molecule has 3 amide bonds. The zero-order valence-corrected chi connectivity index (χ0v) is 19.2. The summed E-state index contributed by atoms with van der Waals surface area (Å²) in [6, 6.07) is 11.5. The van der Waals surface area contributed by atoms with Crippen LogP contribution >= 0.6 is 0 Å². The predicted octanol–water partition coefficient (Wildman–Crippen LogP) is 4.11. The molecular weight excluding hydrogens is 378 g/mol. The normalized spacial score (nSPS) is 11.8. The maximum atomic E-state index is 12.5. The number of hydrogen-bond acceptors (Lipinski definition) is 3. The molecule has 1 aromatic carbocycles. The average Bonchev–Trinajstić information content (AvgIpc) is 3.07. The van der Waals surface area contributed by atoms with Gasteiger partial charge < -0.3 is 15.5 Å². The summed E-state index contributed by atoms with van der Waals surface area (Å²) < 4.78 is 1.84. The summed E-state index contributed by atoms with van der Waals surface area (Å²) in [7, 11) is 1.73. The van der Waals surface area contributed by atoms with Gasteiger partial charge in [0.15, 0.2) is 0 Å². The van der Waals surface area contributed by atoms with E-state index >= 15 is 0 Å². The number of benzene rings is 1. The summed E-state index contributed by atoms with van der Waals surface area (Å²) >= 11 is 0. The third-order valence-corrected chi connectivity index (χ3v) is 4.62. The maximum Gasteiger partial charge on any atom is 0.317 e. The van der Waals surface area contributed by atoms with Crippen LogP contribution in [0, 0.1) is 0 Å². The molecule has 7 nitrogen and oxygen atoms in total. The molecule has 0 aliphatic carbocycles. The van der Waals surface area contributed by atoms with Crippen molar-refractivity contribution in [3.63, 3.8) is 0 Å². The van der Waals surface area contributed by atoms with Gasteiger partial charge in [0.2, 0.25) is 5.91 Å². The second-order valence-corrected chi connectivity index (χ2v) is 9.62. The highest BCUT2D eigenvalue weighted by Crippen LogP contribution is 2.28. The fraction of sp³-hybridized carbons (Fsp3) is 0.522. The van der Waals surface area contributed by atoms with Crippen molar-refractivity contribution in [1.29, 1.82) is 0 Å². The second kappa shape index (κ2) is 9.32. The maximum absolute atomic E-state index is 12.5. The van der Waals surface area contributed by atoms with Gasteiger partial charge in [-0.25, -0.2) is 9.48 Å². The van der Waals surface area contributed by atoms with E-state index in [1.807, 2.05) is 61.9 Å². The van der Waals surface area contributed by atoms with Crippen molar-refractivity contribution in [3.8, 4) is 0 Å². The SMILES string of the molecule is CN(Cc1ccccc1)C(=O)NCCC(=O)Nc1cc(C(C)(C)C)nn1C(C)(C)C. The number of amides is 3. The summed E-state index contributed by atoms with van der Waals surface area (Å²) in [5.74, 6) is 0.511. The van der Waals surface area contributed by atoms with Gasteiger partial charge in [0, 0.05) is 38.0 Å². The molecule has 0 aliphatic heterocycles. The van der Waals surface area contributed by atoms with Crippen LogP contribution in [0.3, 0.4) is 0 Å². The largest absolute Gasteiger partial charge is 0.337 e. The van der Waals surface area contributed by atoms with Crippen LogP contribution in [0.5, 0.6) is 0 Å². The molecule has 30 heavy (non-hydrogen) atoms. The van der Waals surface area contributed by atoms with Gasteiger partial charge in [0.25, 0.3) is 0 Å². The molecule has 0 atom stereocenters. The second-order valence-electron chi connectivity index (χ2n) is 9.62. The topological polar surface area (TPSA) is 79.3 Å². The first-order chi connectivity index (χ1) is 13.9. The number of urea groups is 1. The lowest BCUT2D eigenvalue weighted by Gasteiger charge is -2.23. The van der Waals surface area contributed by atoms with Gasteiger partial charge in [-0.3, -0.25) is 4.79 Å². The van der Waals surface area contributed by atoms with Crippen LogP contribution in [0.15, 0.2) is 36.4 Å². The number of anilines is 1. The van der Waals surface area contributed by atoms with Gasteiger partial charge >= 0.3 is 6.03 Å². The minimum Gasteiger partial charge on any atom is -0.337 e. The number of rotatable bonds is 6. The van der Waals surface area contributed by atoms with Crippen LogP contribution in [0.25, 0.3) is 0 Å². The lowest BCUT2D eigenvalue weighted by atomic mass is 9.92. The Hall–Kier alpha value is -2.83. The molecule has 0 saturated heterocycles. The summed E-state index contributed by atoms with van der Waals surface area (Å²) in [5, 5.41) is 10.4. The summed E-state index contributed by atoms with van der Waals surface area (Å²) in [4.78, 5) is 26.3. The Labute approximate surface area is 179 Å². The molecule has 2 N–H and O–H groups in total. The summed E-state index contributed by atoms with van der Waals surface area (Å²) in [6.07, 6.45) is 0.186. The van der Waals surface area contributed by atoms with Crippen LogP contribution in [0.4, 0.5) is 10.6 Å². The Balaban J connectivity index is 1.90. The number of aromatic nitrogens is 2. The van der Waals surface area contributed by atoms with E-state index < -0.39 is 0 Å². The Kier molecular flexibility index (Phi) is 7.29. The van der Waals surface area contributed by atoms with Crippen LogP contribution in [0.2, 0.25) is 0 Å². The van der Waals surface area contributed by atoms with Gasteiger partial charge in [0.05, 0.1) is 11.2 Å². The first kappa shape index (κ1) is 23.4. The minimum absolute atomic E-state index is 0.118. The van der Waals surface area contributed by atoms with Crippen molar-refractivity contribution in [1.82, 2.24) is 20.0 Å². The van der Waals surface area contributed by atoms with Crippen LogP contribution in [-0.2, 0) is 22.3 Å². The third kappa shape index (κ3) is 6.61. The molecule has 1 aromatic heterocycles. The first-order valence-electron chi connectivity index (χ1n) is 10.3. The smallest absolute Gasteiger partial charge is 0.317 e. The zero-order valence-electron chi connectivity index (χ0n) is 19.2. The molecular formula is C23H35N5O2.